The number of hydrogen-bond acceptors (Lipinski definition) is 6. The first kappa shape index (κ1) is 24.7. The van der Waals surface area contributed by atoms with E-state index < -0.39 is 35.4 Å². The highest BCUT2D eigenvalue weighted by Crippen LogP contribution is 2.10. The molecule has 0 saturated heterocycles. The van der Waals surface area contributed by atoms with E-state index in [0.29, 0.717) is 6.42 Å². The molecule has 156 valence electrons. The number of ketones is 1. The molecule has 1 atom stereocenters. The highest BCUT2D eigenvalue weighted by atomic mass is 16.6. The fraction of sp³-hybridized carbons (Fsp3) is 0.778. The molecule has 9 nitrogen and oxygen atoms in total. The Morgan fingerprint density at radius 2 is 1.41 bits per heavy atom. The van der Waals surface area contributed by atoms with Crippen LogP contribution >= 0.6 is 0 Å². The summed E-state index contributed by atoms with van der Waals surface area (Å²) in [7, 11) is 0. The molecule has 0 aliphatic carbocycles. The first-order chi connectivity index (χ1) is 12.2. The summed E-state index contributed by atoms with van der Waals surface area (Å²) in [6, 6.07) is -0.961. The molecule has 0 aliphatic rings. The van der Waals surface area contributed by atoms with Gasteiger partial charge in [0.05, 0.1) is 6.04 Å². The maximum atomic E-state index is 12.3. The third-order valence-electron chi connectivity index (χ3n) is 2.99. The van der Waals surface area contributed by atoms with Crippen LogP contribution in [0.2, 0.25) is 0 Å². The number of carbonyl (C=O) groups is 4. The van der Waals surface area contributed by atoms with Crippen LogP contribution in [0.1, 0.15) is 67.2 Å². The molecule has 0 saturated carbocycles. The van der Waals surface area contributed by atoms with Crippen molar-refractivity contribution in [2.24, 2.45) is 0 Å². The van der Waals surface area contributed by atoms with Gasteiger partial charge in [-0.1, -0.05) is 0 Å². The van der Waals surface area contributed by atoms with Crippen LogP contribution in [0.5, 0.6) is 0 Å². The monoisotopic (exact) mass is 388 g/mol. The predicted octanol–water partition coefficient (Wildman–Crippen LogP) is 2.62. The molecule has 0 aliphatic heterocycles. The first-order valence-corrected chi connectivity index (χ1v) is 8.90. The SMILES string of the molecule is CC(C)(C)OC(=O)NCCCC(=O)[C@H](CCC(=O)O)NC(=O)OC(C)(C)C. The fourth-order valence-corrected chi connectivity index (χ4v) is 1.97. The Hall–Kier alpha value is -2.32. The van der Waals surface area contributed by atoms with Crippen molar-refractivity contribution in [2.75, 3.05) is 6.54 Å². The summed E-state index contributed by atoms with van der Waals surface area (Å²) in [6.07, 6.45) is -1.26. The van der Waals surface area contributed by atoms with Crippen LogP contribution < -0.4 is 10.6 Å². The second-order valence-electron chi connectivity index (χ2n) is 8.13. The van der Waals surface area contributed by atoms with Crippen LogP contribution in [0.3, 0.4) is 0 Å². The Morgan fingerprint density at radius 3 is 1.89 bits per heavy atom. The first-order valence-electron chi connectivity index (χ1n) is 8.90. The van der Waals surface area contributed by atoms with Crippen LogP contribution in [-0.2, 0) is 19.1 Å². The van der Waals surface area contributed by atoms with Crippen molar-refractivity contribution in [1.29, 1.82) is 0 Å². The molecule has 3 N–H and O–H groups in total. The van der Waals surface area contributed by atoms with Gasteiger partial charge in [-0.05, 0) is 54.4 Å². The van der Waals surface area contributed by atoms with Gasteiger partial charge < -0.3 is 25.2 Å². The summed E-state index contributed by atoms with van der Waals surface area (Å²) < 4.78 is 10.2. The van der Waals surface area contributed by atoms with Crippen molar-refractivity contribution in [3.8, 4) is 0 Å². The van der Waals surface area contributed by atoms with Crippen molar-refractivity contribution in [2.45, 2.75) is 84.5 Å². The summed E-state index contributed by atoms with van der Waals surface area (Å²) in [5.74, 6) is -1.39. The summed E-state index contributed by atoms with van der Waals surface area (Å²) >= 11 is 0. The molecule has 0 aromatic heterocycles. The number of hydrogen-bond donors (Lipinski definition) is 3. The lowest BCUT2D eigenvalue weighted by Crippen LogP contribution is -2.44. The number of Topliss-reactive ketones (excluding diaryl/α,β-unsaturated/α-hetero) is 1. The molecule has 0 aromatic rings. The van der Waals surface area contributed by atoms with Crippen LogP contribution in [0.4, 0.5) is 9.59 Å². The summed E-state index contributed by atoms with van der Waals surface area (Å²) in [4.78, 5) is 46.5. The lowest BCUT2D eigenvalue weighted by Gasteiger charge is -2.23. The molecule has 2 amide bonds. The van der Waals surface area contributed by atoms with Crippen molar-refractivity contribution in [3.05, 3.63) is 0 Å². The number of carboxylic acids is 1. The molecule has 0 spiro atoms. The third-order valence-corrected chi connectivity index (χ3v) is 2.99. The third kappa shape index (κ3) is 14.5. The van der Waals surface area contributed by atoms with Gasteiger partial charge in [-0.2, -0.15) is 0 Å². The average molecular weight is 388 g/mol. The van der Waals surface area contributed by atoms with E-state index in [1.54, 1.807) is 41.5 Å². The van der Waals surface area contributed by atoms with Crippen molar-refractivity contribution in [3.63, 3.8) is 0 Å². The Balaban J connectivity index is 4.51. The maximum absolute atomic E-state index is 12.3. The zero-order chi connectivity index (χ0) is 21.3. The van der Waals surface area contributed by atoms with Crippen LogP contribution in [0, 0.1) is 0 Å². The predicted molar refractivity (Wildman–Crippen MR) is 98.5 cm³/mol. The standard InChI is InChI=1S/C18H32N2O7/c1-17(2,3)26-15(24)19-11-7-8-13(21)12(9-10-14(22)23)20-16(25)27-18(4,5)6/h12H,7-11H2,1-6H3,(H,19,24)(H,20,25)(H,22,23)/t12-/m0/s1. The number of aliphatic carboxylic acids is 1. The number of alkyl carbamates (subject to hydrolysis) is 2. The van der Waals surface area contributed by atoms with Gasteiger partial charge in [0.15, 0.2) is 5.78 Å². The van der Waals surface area contributed by atoms with Gasteiger partial charge in [0, 0.05) is 19.4 Å². The van der Waals surface area contributed by atoms with E-state index in [1.165, 1.54) is 0 Å². The Bertz CT molecular complexity index is 533. The minimum Gasteiger partial charge on any atom is -0.481 e. The van der Waals surface area contributed by atoms with Crippen LogP contribution in [0.15, 0.2) is 0 Å². The van der Waals surface area contributed by atoms with Gasteiger partial charge >= 0.3 is 18.2 Å². The van der Waals surface area contributed by atoms with Crippen LogP contribution in [0.25, 0.3) is 0 Å². The van der Waals surface area contributed by atoms with E-state index >= 15 is 0 Å². The zero-order valence-electron chi connectivity index (χ0n) is 17.0. The Kier molecular flexibility index (Phi) is 9.82. The number of amides is 2. The minimum atomic E-state index is -1.06. The second kappa shape index (κ2) is 10.7. The molecule has 0 radical (unpaired) electrons. The molecule has 27 heavy (non-hydrogen) atoms. The largest absolute Gasteiger partial charge is 0.481 e. The van der Waals surface area contributed by atoms with Crippen molar-refractivity contribution >= 4 is 23.9 Å². The van der Waals surface area contributed by atoms with Crippen LogP contribution in [-0.4, -0.2) is 52.8 Å². The van der Waals surface area contributed by atoms with Gasteiger partial charge in [-0.25, -0.2) is 9.59 Å². The fourth-order valence-electron chi connectivity index (χ4n) is 1.97. The van der Waals surface area contributed by atoms with Crippen molar-refractivity contribution < 1.29 is 33.8 Å². The molecule has 0 aromatic carbocycles. The quantitative estimate of drug-likeness (QED) is 0.517. The molecule has 0 heterocycles. The molecule has 0 bridgehead atoms. The summed E-state index contributed by atoms with van der Waals surface area (Å²) in [5.41, 5.74) is -1.35. The highest BCUT2D eigenvalue weighted by molar-refractivity contribution is 5.87. The molecule has 0 fully saturated rings. The van der Waals surface area contributed by atoms with E-state index in [2.05, 4.69) is 10.6 Å². The average Bonchev–Trinajstić information content (AvgIpc) is 2.43. The highest BCUT2D eigenvalue weighted by Gasteiger charge is 2.24. The number of ether oxygens (including phenoxy) is 2. The van der Waals surface area contributed by atoms with Gasteiger partial charge in [0.2, 0.25) is 0 Å². The summed E-state index contributed by atoms with van der Waals surface area (Å²) in [6.45, 7) is 10.5. The number of nitrogens with one attached hydrogen (secondary N) is 2. The van der Waals surface area contributed by atoms with E-state index in [-0.39, 0.29) is 31.6 Å². The molecular formula is C18H32N2O7. The maximum Gasteiger partial charge on any atom is 0.408 e. The lowest BCUT2D eigenvalue weighted by atomic mass is 10.0. The lowest BCUT2D eigenvalue weighted by molar-refractivity contribution is -0.137. The van der Waals surface area contributed by atoms with E-state index in [9.17, 15) is 19.2 Å². The van der Waals surface area contributed by atoms with Gasteiger partial charge in [0.25, 0.3) is 0 Å². The normalized spacial score (nSPS) is 12.7. The topological polar surface area (TPSA) is 131 Å². The number of rotatable bonds is 9. The van der Waals surface area contributed by atoms with Gasteiger partial charge in [-0.15, -0.1) is 0 Å². The van der Waals surface area contributed by atoms with Gasteiger partial charge in [-0.3, -0.25) is 9.59 Å². The van der Waals surface area contributed by atoms with Crippen molar-refractivity contribution in [1.82, 2.24) is 10.6 Å². The van der Waals surface area contributed by atoms with Gasteiger partial charge in [0.1, 0.15) is 11.2 Å². The molecule has 0 unspecified atom stereocenters. The molecule has 9 heteroatoms. The second-order valence-corrected chi connectivity index (χ2v) is 8.13. The van der Waals surface area contributed by atoms with E-state index in [1.807, 2.05) is 0 Å². The number of carbonyl (C=O) groups excluding carboxylic acids is 3. The minimum absolute atomic E-state index is 0.0348. The van der Waals surface area contributed by atoms with E-state index in [0.717, 1.165) is 0 Å². The summed E-state index contributed by atoms with van der Waals surface area (Å²) in [5, 5.41) is 13.8. The number of carboxylic acid groups (broad SMARTS) is 1. The smallest absolute Gasteiger partial charge is 0.408 e. The Labute approximate surface area is 160 Å². The Morgan fingerprint density at radius 1 is 0.889 bits per heavy atom. The molecule has 0 rings (SSSR count). The molecular weight excluding hydrogens is 356 g/mol. The van der Waals surface area contributed by atoms with E-state index in [4.69, 9.17) is 14.6 Å². The zero-order valence-corrected chi connectivity index (χ0v) is 17.0.